The summed E-state index contributed by atoms with van der Waals surface area (Å²) in [5.74, 6) is 4.62. The second kappa shape index (κ2) is 6.07. The number of fused-ring (bicyclic) bond motifs is 4. The van der Waals surface area contributed by atoms with Gasteiger partial charge in [-0.2, -0.15) is 0 Å². The summed E-state index contributed by atoms with van der Waals surface area (Å²) in [6.45, 7) is 3.46. The van der Waals surface area contributed by atoms with Crippen molar-refractivity contribution in [1.29, 1.82) is 0 Å². The van der Waals surface area contributed by atoms with E-state index in [1.165, 1.54) is 64.2 Å². The van der Waals surface area contributed by atoms with E-state index in [0.29, 0.717) is 6.10 Å². The van der Waals surface area contributed by atoms with Crippen LogP contribution in [0.15, 0.2) is 11.6 Å². The number of allylic oxidation sites excluding steroid dienone is 1. The lowest BCUT2D eigenvalue weighted by Crippen LogP contribution is -2.48. The molecule has 0 aliphatic heterocycles. The van der Waals surface area contributed by atoms with Gasteiger partial charge in [0.1, 0.15) is 0 Å². The minimum Gasteiger partial charge on any atom is -0.377 e. The van der Waals surface area contributed by atoms with Crippen LogP contribution in [0.3, 0.4) is 0 Å². The summed E-state index contributed by atoms with van der Waals surface area (Å²) < 4.78 is 6.40. The Morgan fingerprint density at radius 2 is 2.00 bits per heavy atom. The van der Waals surface area contributed by atoms with Gasteiger partial charge >= 0.3 is 0 Å². The summed E-state index contributed by atoms with van der Waals surface area (Å²) in [6, 6.07) is 0. The molecule has 4 aliphatic carbocycles. The Hall–Kier alpha value is -0.300. The molecule has 1 unspecified atom stereocenters. The smallest absolute Gasteiger partial charge is 0.0634 e. The number of rotatable bonds is 4. The van der Waals surface area contributed by atoms with E-state index >= 15 is 0 Å². The van der Waals surface area contributed by atoms with Crippen LogP contribution in [0.4, 0.5) is 0 Å². The molecule has 118 valence electrons. The van der Waals surface area contributed by atoms with E-state index < -0.39 is 0 Å². The molecule has 0 spiro atoms. The number of hydrogen-bond acceptors (Lipinski definition) is 1. The third kappa shape index (κ3) is 2.96. The average Bonchev–Trinajstić information content (AvgIpc) is 2.77. The fraction of sp³-hybridized carbons (Fsp3) is 0.900. The maximum absolute atomic E-state index is 6.40. The van der Waals surface area contributed by atoms with Crippen molar-refractivity contribution in [2.24, 2.45) is 29.6 Å². The molecular weight excluding hydrogens is 256 g/mol. The standard InChI is InChI=1S/C20H32O/c1-14-4-2-3-5-18-13-19(14)20(18)21-9-8-17-11-15-6-7-16(10-15)12-17/h11,14-16,18-20H,2-10,12-13H2,1H3/t14-,15+,16+,18?,19+,20+/m1/s1. The third-order valence-corrected chi connectivity index (χ3v) is 7.01. The van der Waals surface area contributed by atoms with Crippen molar-refractivity contribution in [1.82, 2.24) is 0 Å². The molecule has 4 rings (SSSR count). The lowest BCUT2D eigenvalue weighted by Gasteiger charge is -2.49. The van der Waals surface area contributed by atoms with E-state index in [4.69, 9.17) is 4.74 Å². The first-order valence-corrected chi connectivity index (χ1v) is 9.61. The monoisotopic (exact) mass is 288 g/mol. The van der Waals surface area contributed by atoms with Crippen LogP contribution in [0.1, 0.15) is 71.1 Å². The molecule has 1 nitrogen and oxygen atoms in total. The van der Waals surface area contributed by atoms with Gasteiger partial charge in [0.25, 0.3) is 0 Å². The summed E-state index contributed by atoms with van der Waals surface area (Å²) in [4.78, 5) is 0. The van der Waals surface area contributed by atoms with Crippen molar-refractivity contribution in [3.63, 3.8) is 0 Å². The number of hydrogen-bond donors (Lipinski definition) is 0. The van der Waals surface area contributed by atoms with Gasteiger partial charge in [0.05, 0.1) is 12.7 Å². The zero-order valence-electron chi connectivity index (χ0n) is 13.7. The predicted octanol–water partition coefficient (Wildman–Crippen LogP) is 5.35. The highest BCUT2D eigenvalue weighted by Gasteiger charge is 2.44. The molecule has 1 heteroatoms. The highest BCUT2D eigenvalue weighted by molar-refractivity contribution is 5.12. The Balaban J connectivity index is 1.27. The zero-order valence-corrected chi connectivity index (χ0v) is 13.7. The van der Waals surface area contributed by atoms with E-state index in [1.54, 1.807) is 5.57 Å². The second-order valence-corrected chi connectivity index (χ2v) is 8.47. The lowest BCUT2D eigenvalue weighted by molar-refractivity contribution is -0.122. The lowest BCUT2D eigenvalue weighted by atomic mass is 9.62. The van der Waals surface area contributed by atoms with Crippen molar-refractivity contribution in [2.45, 2.75) is 77.2 Å². The maximum atomic E-state index is 6.40. The van der Waals surface area contributed by atoms with Crippen molar-refractivity contribution in [3.8, 4) is 0 Å². The van der Waals surface area contributed by atoms with Crippen LogP contribution in [-0.4, -0.2) is 12.7 Å². The second-order valence-electron chi connectivity index (χ2n) is 8.47. The first-order valence-electron chi connectivity index (χ1n) is 9.61. The summed E-state index contributed by atoms with van der Waals surface area (Å²) in [5.41, 5.74) is 1.72. The summed E-state index contributed by atoms with van der Waals surface area (Å²) in [5, 5.41) is 0. The molecule has 0 aromatic rings. The predicted molar refractivity (Wildman–Crippen MR) is 87.1 cm³/mol. The molecule has 3 saturated carbocycles. The first kappa shape index (κ1) is 14.3. The highest BCUT2D eigenvalue weighted by Crippen LogP contribution is 2.47. The van der Waals surface area contributed by atoms with Gasteiger partial charge in [0.2, 0.25) is 0 Å². The van der Waals surface area contributed by atoms with Crippen molar-refractivity contribution in [2.75, 3.05) is 6.61 Å². The molecule has 0 heterocycles. The summed E-state index contributed by atoms with van der Waals surface area (Å²) in [6.07, 6.45) is 17.5. The van der Waals surface area contributed by atoms with Crippen molar-refractivity contribution in [3.05, 3.63) is 11.6 Å². The van der Waals surface area contributed by atoms with Gasteiger partial charge in [-0.3, -0.25) is 0 Å². The molecule has 4 bridgehead atoms. The molecule has 0 radical (unpaired) electrons. The van der Waals surface area contributed by atoms with Gasteiger partial charge in [-0.25, -0.2) is 0 Å². The van der Waals surface area contributed by atoms with E-state index in [1.807, 2.05) is 0 Å². The van der Waals surface area contributed by atoms with E-state index in [9.17, 15) is 0 Å². The summed E-state index contributed by atoms with van der Waals surface area (Å²) in [7, 11) is 0. The van der Waals surface area contributed by atoms with Gasteiger partial charge < -0.3 is 4.74 Å². The molecule has 21 heavy (non-hydrogen) atoms. The minimum atomic E-state index is 0.612. The SMILES string of the molecule is C[C@@H]1CCCCC2C[C@@H]1[C@H]2OCCC1=C[C@H]2CC[C@H](C1)C2. The van der Waals surface area contributed by atoms with E-state index in [2.05, 4.69) is 13.0 Å². The summed E-state index contributed by atoms with van der Waals surface area (Å²) >= 11 is 0. The molecule has 6 atom stereocenters. The number of ether oxygens (including phenoxy) is 1. The minimum absolute atomic E-state index is 0.612. The molecule has 3 fully saturated rings. The Morgan fingerprint density at radius 1 is 1.10 bits per heavy atom. The Kier molecular flexibility index (Phi) is 4.13. The van der Waals surface area contributed by atoms with Gasteiger partial charge in [-0.05, 0) is 74.5 Å². The maximum Gasteiger partial charge on any atom is 0.0634 e. The largest absolute Gasteiger partial charge is 0.377 e. The van der Waals surface area contributed by atoms with Gasteiger partial charge in [-0.15, -0.1) is 0 Å². The van der Waals surface area contributed by atoms with Gasteiger partial charge in [0.15, 0.2) is 0 Å². The van der Waals surface area contributed by atoms with Crippen molar-refractivity contribution >= 4 is 0 Å². The van der Waals surface area contributed by atoms with Crippen LogP contribution in [0.5, 0.6) is 0 Å². The zero-order chi connectivity index (χ0) is 14.2. The molecule has 0 saturated heterocycles. The third-order valence-electron chi connectivity index (χ3n) is 7.01. The highest BCUT2D eigenvalue weighted by atomic mass is 16.5. The van der Waals surface area contributed by atoms with Gasteiger partial charge in [0, 0.05) is 0 Å². The Labute approximate surface area is 130 Å². The van der Waals surface area contributed by atoms with Gasteiger partial charge in [-0.1, -0.05) is 37.8 Å². The topological polar surface area (TPSA) is 9.23 Å². The molecular formula is C20H32O. The molecule has 0 aromatic carbocycles. The van der Waals surface area contributed by atoms with Crippen molar-refractivity contribution < 1.29 is 4.74 Å². The van der Waals surface area contributed by atoms with Crippen LogP contribution in [0.2, 0.25) is 0 Å². The Morgan fingerprint density at radius 3 is 2.90 bits per heavy atom. The van der Waals surface area contributed by atoms with Crippen LogP contribution in [0, 0.1) is 29.6 Å². The first-order chi connectivity index (χ1) is 10.3. The normalized spacial score (nSPS) is 45.5. The van der Waals surface area contributed by atoms with Crippen LogP contribution in [0.25, 0.3) is 0 Å². The fourth-order valence-corrected chi connectivity index (χ4v) is 5.69. The molecule has 0 aromatic heterocycles. The molecule has 4 aliphatic rings. The average molecular weight is 288 g/mol. The van der Waals surface area contributed by atoms with Crippen LogP contribution in [-0.2, 0) is 4.74 Å². The van der Waals surface area contributed by atoms with E-state index in [-0.39, 0.29) is 0 Å². The Bertz CT molecular complexity index is 399. The van der Waals surface area contributed by atoms with E-state index in [0.717, 1.165) is 36.2 Å². The molecule has 0 N–H and O–H groups in total. The van der Waals surface area contributed by atoms with Crippen LogP contribution >= 0.6 is 0 Å². The molecule has 0 amide bonds. The fourth-order valence-electron chi connectivity index (χ4n) is 5.69. The quantitative estimate of drug-likeness (QED) is 0.633. The van der Waals surface area contributed by atoms with Crippen LogP contribution < -0.4 is 0 Å².